The summed E-state index contributed by atoms with van der Waals surface area (Å²) in [5.41, 5.74) is 0.693. The molecule has 1 aromatic carbocycles. The van der Waals surface area contributed by atoms with Crippen LogP contribution in [0.25, 0.3) is 0 Å². The van der Waals surface area contributed by atoms with Crippen molar-refractivity contribution in [3.63, 3.8) is 0 Å². The number of carbonyl (C=O) groups is 2. The third-order valence-corrected chi connectivity index (χ3v) is 1.73. The highest BCUT2D eigenvalue weighted by Crippen LogP contribution is 2.03. The first-order valence-corrected chi connectivity index (χ1v) is 4.98. The van der Waals surface area contributed by atoms with Crippen LogP contribution >= 0.6 is 0 Å². The maximum atomic E-state index is 11.3. The molecule has 5 heteroatoms. The van der Waals surface area contributed by atoms with Gasteiger partial charge in [-0.2, -0.15) is 0 Å². The zero-order chi connectivity index (χ0) is 11.8. The Balaban J connectivity index is 2.29. The molecule has 1 aromatic rings. The van der Waals surface area contributed by atoms with Crippen molar-refractivity contribution < 1.29 is 14.3 Å². The van der Waals surface area contributed by atoms with Gasteiger partial charge in [-0.05, 0) is 19.1 Å². The van der Waals surface area contributed by atoms with Crippen molar-refractivity contribution in [2.45, 2.75) is 6.92 Å². The van der Waals surface area contributed by atoms with E-state index in [2.05, 4.69) is 15.4 Å². The van der Waals surface area contributed by atoms with E-state index in [-0.39, 0.29) is 19.1 Å². The minimum atomic E-state index is -0.592. The Labute approximate surface area is 93.8 Å². The molecule has 5 nitrogen and oxygen atoms in total. The molecular formula is C11H14N2O3. The zero-order valence-corrected chi connectivity index (χ0v) is 9.03. The van der Waals surface area contributed by atoms with E-state index in [1.165, 1.54) is 0 Å². The molecule has 86 valence electrons. The third kappa shape index (κ3) is 4.45. The Morgan fingerprint density at radius 2 is 1.94 bits per heavy atom. The molecule has 2 N–H and O–H groups in total. The van der Waals surface area contributed by atoms with Crippen LogP contribution in [-0.2, 0) is 9.53 Å². The molecule has 16 heavy (non-hydrogen) atoms. The highest BCUT2D eigenvalue weighted by molar-refractivity contribution is 5.93. The van der Waals surface area contributed by atoms with E-state index >= 15 is 0 Å². The molecule has 0 aliphatic rings. The Morgan fingerprint density at radius 3 is 2.56 bits per heavy atom. The van der Waals surface area contributed by atoms with Gasteiger partial charge in [-0.1, -0.05) is 18.2 Å². The minimum Gasteiger partial charge on any atom is -0.450 e. The van der Waals surface area contributed by atoms with E-state index in [4.69, 9.17) is 0 Å². The molecule has 0 saturated heterocycles. The summed E-state index contributed by atoms with van der Waals surface area (Å²) < 4.78 is 4.61. The normalized spacial score (nSPS) is 9.31. The fourth-order valence-corrected chi connectivity index (χ4v) is 1.06. The lowest BCUT2D eigenvalue weighted by Gasteiger charge is -2.06. The minimum absolute atomic E-state index is 0.103. The van der Waals surface area contributed by atoms with Crippen molar-refractivity contribution in [1.29, 1.82) is 0 Å². The Bertz CT molecular complexity index is 352. The largest absolute Gasteiger partial charge is 0.450 e. The third-order valence-electron chi connectivity index (χ3n) is 1.73. The molecule has 0 unspecified atom stereocenters. The summed E-state index contributed by atoms with van der Waals surface area (Å²) in [6.45, 7) is 1.88. The SMILES string of the molecule is CCOC(=O)NCC(=O)Nc1ccccc1. The fraction of sp³-hybridized carbons (Fsp3) is 0.273. The van der Waals surface area contributed by atoms with E-state index in [1.807, 2.05) is 18.2 Å². The lowest BCUT2D eigenvalue weighted by atomic mass is 10.3. The molecule has 0 atom stereocenters. The van der Waals surface area contributed by atoms with E-state index in [0.29, 0.717) is 5.69 Å². The zero-order valence-electron chi connectivity index (χ0n) is 9.03. The van der Waals surface area contributed by atoms with Crippen molar-refractivity contribution in [3.8, 4) is 0 Å². The molecule has 0 radical (unpaired) electrons. The molecule has 0 spiro atoms. The van der Waals surface area contributed by atoms with Gasteiger partial charge in [0, 0.05) is 5.69 Å². The molecule has 0 aliphatic heterocycles. The summed E-state index contributed by atoms with van der Waals surface area (Å²) in [7, 11) is 0. The van der Waals surface area contributed by atoms with Crippen LogP contribution in [0.3, 0.4) is 0 Å². The van der Waals surface area contributed by atoms with Crippen LogP contribution in [0.15, 0.2) is 30.3 Å². The van der Waals surface area contributed by atoms with Crippen molar-refractivity contribution in [3.05, 3.63) is 30.3 Å². The Hall–Kier alpha value is -2.04. The van der Waals surface area contributed by atoms with Crippen molar-refractivity contribution in [1.82, 2.24) is 5.32 Å². The smallest absolute Gasteiger partial charge is 0.407 e. The summed E-state index contributed by atoms with van der Waals surface area (Å²) >= 11 is 0. The number of anilines is 1. The van der Waals surface area contributed by atoms with Gasteiger partial charge >= 0.3 is 6.09 Å². The predicted octanol–water partition coefficient (Wildman–Crippen LogP) is 1.37. The number of amides is 2. The fourth-order valence-electron chi connectivity index (χ4n) is 1.06. The monoisotopic (exact) mass is 222 g/mol. The number of nitrogens with one attached hydrogen (secondary N) is 2. The first-order chi connectivity index (χ1) is 7.72. The maximum Gasteiger partial charge on any atom is 0.407 e. The number of benzene rings is 1. The van der Waals surface area contributed by atoms with Crippen molar-refractivity contribution >= 4 is 17.7 Å². The van der Waals surface area contributed by atoms with Gasteiger partial charge < -0.3 is 15.4 Å². The average Bonchev–Trinajstić information content (AvgIpc) is 2.28. The number of alkyl carbamates (subject to hydrolysis) is 1. The maximum absolute atomic E-state index is 11.3. The second-order valence-corrected chi connectivity index (χ2v) is 2.99. The molecule has 0 bridgehead atoms. The molecule has 0 fully saturated rings. The van der Waals surface area contributed by atoms with Crippen LogP contribution in [0.2, 0.25) is 0 Å². The number of hydrogen-bond donors (Lipinski definition) is 2. The topological polar surface area (TPSA) is 67.4 Å². The van der Waals surface area contributed by atoms with Crippen LogP contribution in [0, 0.1) is 0 Å². The van der Waals surface area contributed by atoms with Gasteiger partial charge in [0.25, 0.3) is 0 Å². The summed E-state index contributed by atoms with van der Waals surface area (Å²) in [4.78, 5) is 22.2. The number of ether oxygens (including phenoxy) is 1. The number of rotatable bonds is 4. The molecule has 2 amide bonds. The van der Waals surface area contributed by atoms with Gasteiger partial charge in [-0.3, -0.25) is 4.79 Å². The quantitative estimate of drug-likeness (QED) is 0.808. The standard InChI is InChI=1S/C11H14N2O3/c1-2-16-11(15)12-8-10(14)13-9-6-4-3-5-7-9/h3-7H,2,8H2,1H3,(H,12,15)(H,13,14). The molecule has 0 heterocycles. The van der Waals surface area contributed by atoms with E-state index in [0.717, 1.165) is 0 Å². The Morgan fingerprint density at radius 1 is 1.25 bits per heavy atom. The molecule has 1 rings (SSSR count). The van der Waals surface area contributed by atoms with Crippen molar-refractivity contribution in [2.75, 3.05) is 18.5 Å². The average molecular weight is 222 g/mol. The number of hydrogen-bond acceptors (Lipinski definition) is 3. The first kappa shape index (κ1) is 12.0. The van der Waals surface area contributed by atoms with Gasteiger partial charge in [0.1, 0.15) is 6.54 Å². The molecular weight excluding hydrogens is 208 g/mol. The van der Waals surface area contributed by atoms with Gasteiger partial charge in [-0.15, -0.1) is 0 Å². The molecule has 0 aromatic heterocycles. The van der Waals surface area contributed by atoms with Gasteiger partial charge in [0.15, 0.2) is 0 Å². The number of carbonyl (C=O) groups excluding carboxylic acids is 2. The Kier molecular flexibility index (Phi) is 4.85. The second kappa shape index (κ2) is 6.44. The first-order valence-electron chi connectivity index (χ1n) is 4.98. The lowest BCUT2D eigenvalue weighted by molar-refractivity contribution is -0.115. The summed E-state index contributed by atoms with van der Waals surface area (Å²) in [5.74, 6) is -0.292. The van der Waals surface area contributed by atoms with E-state index in [1.54, 1.807) is 19.1 Å². The highest BCUT2D eigenvalue weighted by Gasteiger charge is 2.05. The molecule has 0 aliphatic carbocycles. The van der Waals surface area contributed by atoms with Gasteiger partial charge in [0.05, 0.1) is 6.61 Å². The van der Waals surface area contributed by atoms with E-state index < -0.39 is 6.09 Å². The van der Waals surface area contributed by atoms with Crippen LogP contribution in [0.4, 0.5) is 10.5 Å². The second-order valence-electron chi connectivity index (χ2n) is 2.99. The predicted molar refractivity (Wildman–Crippen MR) is 60.1 cm³/mol. The van der Waals surface area contributed by atoms with Crippen LogP contribution in [0.1, 0.15) is 6.92 Å². The van der Waals surface area contributed by atoms with Crippen molar-refractivity contribution in [2.24, 2.45) is 0 Å². The van der Waals surface area contributed by atoms with Crippen LogP contribution < -0.4 is 10.6 Å². The van der Waals surface area contributed by atoms with Crippen LogP contribution in [0.5, 0.6) is 0 Å². The van der Waals surface area contributed by atoms with Gasteiger partial charge in [-0.25, -0.2) is 4.79 Å². The number of para-hydroxylation sites is 1. The van der Waals surface area contributed by atoms with Gasteiger partial charge in [0.2, 0.25) is 5.91 Å². The lowest BCUT2D eigenvalue weighted by Crippen LogP contribution is -2.33. The summed E-state index contributed by atoms with van der Waals surface area (Å²) in [5, 5.41) is 4.96. The summed E-state index contributed by atoms with van der Waals surface area (Å²) in [6.07, 6.45) is -0.592. The summed E-state index contributed by atoms with van der Waals surface area (Å²) in [6, 6.07) is 9.01. The van der Waals surface area contributed by atoms with Crippen LogP contribution in [-0.4, -0.2) is 25.2 Å². The van der Waals surface area contributed by atoms with E-state index in [9.17, 15) is 9.59 Å². The highest BCUT2D eigenvalue weighted by atomic mass is 16.5. The molecule has 0 saturated carbocycles.